The lowest BCUT2D eigenvalue weighted by Crippen LogP contribution is -2.16. The number of amides is 1. The standard InChI is InChI=1S/C13H23N3OS/c1-9(14-5)10-8-18-12(15-10)16-11(17)6-7-13(2,3)4/h8-9,14H,6-7H2,1-5H3,(H,15,16,17). The van der Waals surface area contributed by atoms with E-state index in [4.69, 9.17) is 0 Å². The highest BCUT2D eigenvalue weighted by Crippen LogP contribution is 2.23. The molecule has 4 nitrogen and oxygen atoms in total. The molecule has 0 saturated carbocycles. The van der Waals surface area contributed by atoms with Gasteiger partial charge in [0, 0.05) is 17.8 Å². The highest BCUT2D eigenvalue weighted by molar-refractivity contribution is 7.13. The maximum absolute atomic E-state index is 11.7. The zero-order valence-corrected chi connectivity index (χ0v) is 12.6. The van der Waals surface area contributed by atoms with Gasteiger partial charge in [-0.15, -0.1) is 11.3 Å². The lowest BCUT2D eigenvalue weighted by Gasteiger charge is -2.16. The minimum Gasteiger partial charge on any atom is -0.312 e. The summed E-state index contributed by atoms with van der Waals surface area (Å²) in [6.07, 6.45) is 1.42. The Labute approximate surface area is 113 Å². The minimum absolute atomic E-state index is 0.0444. The van der Waals surface area contributed by atoms with Gasteiger partial charge in [0.2, 0.25) is 5.91 Å². The van der Waals surface area contributed by atoms with E-state index in [2.05, 4.69) is 36.4 Å². The van der Waals surface area contributed by atoms with Crippen molar-refractivity contribution >= 4 is 22.4 Å². The number of nitrogens with one attached hydrogen (secondary N) is 2. The van der Waals surface area contributed by atoms with Crippen LogP contribution in [0.15, 0.2) is 5.38 Å². The summed E-state index contributed by atoms with van der Waals surface area (Å²) < 4.78 is 0. The third kappa shape index (κ3) is 5.14. The second-order valence-electron chi connectivity index (χ2n) is 5.70. The van der Waals surface area contributed by atoms with E-state index in [1.165, 1.54) is 11.3 Å². The highest BCUT2D eigenvalue weighted by atomic mass is 32.1. The molecule has 5 heteroatoms. The first-order valence-corrected chi connectivity index (χ1v) is 7.12. The fourth-order valence-electron chi connectivity index (χ4n) is 1.36. The van der Waals surface area contributed by atoms with E-state index in [1.54, 1.807) is 0 Å². The van der Waals surface area contributed by atoms with Gasteiger partial charge in [-0.25, -0.2) is 4.98 Å². The van der Waals surface area contributed by atoms with Crippen LogP contribution >= 0.6 is 11.3 Å². The van der Waals surface area contributed by atoms with Crippen LogP contribution in [0.2, 0.25) is 0 Å². The molecule has 0 aliphatic heterocycles. The number of rotatable bonds is 5. The van der Waals surface area contributed by atoms with Crippen LogP contribution in [-0.2, 0) is 4.79 Å². The second-order valence-corrected chi connectivity index (χ2v) is 6.55. The summed E-state index contributed by atoms with van der Waals surface area (Å²) in [4.78, 5) is 16.1. The van der Waals surface area contributed by atoms with Gasteiger partial charge in [-0.1, -0.05) is 20.8 Å². The molecule has 0 fully saturated rings. The molecule has 2 N–H and O–H groups in total. The maximum Gasteiger partial charge on any atom is 0.226 e. The molecule has 1 heterocycles. The zero-order valence-electron chi connectivity index (χ0n) is 11.8. The molecule has 0 radical (unpaired) electrons. The van der Waals surface area contributed by atoms with Gasteiger partial charge in [-0.05, 0) is 25.8 Å². The summed E-state index contributed by atoms with van der Waals surface area (Å²) in [5.41, 5.74) is 1.15. The predicted octanol–water partition coefficient (Wildman–Crippen LogP) is 3.19. The second kappa shape index (κ2) is 6.29. The molecule has 1 amide bonds. The lowest BCUT2D eigenvalue weighted by molar-refractivity contribution is -0.116. The summed E-state index contributed by atoms with van der Waals surface area (Å²) in [5, 5.41) is 8.64. The van der Waals surface area contributed by atoms with Crippen molar-refractivity contribution in [2.24, 2.45) is 5.41 Å². The monoisotopic (exact) mass is 269 g/mol. The Morgan fingerprint density at radius 2 is 2.17 bits per heavy atom. The van der Waals surface area contributed by atoms with E-state index in [-0.39, 0.29) is 17.4 Å². The van der Waals surface area contributed by atoms with Gasteiger partial charge >= 0.3 is 0 Å². The Morgan fingerprint density at radius 3 is 2.72 bits per heavy atom. The average molecular weight is 269 g/mol. The summed E-state index contributed by atoms with van der Waals surface area (Å²) in [5.74, 6) is 0.0444. The molecule has 1 aromatic heterocycles. The average Bonchev–Trinajstić information content (AvgIpc) is 2.73. The van der Waals surface area contributed by atoms with Crippen LogP contribution in [0.1, 0.15) is 52.3 Å². The van der Waals surface area contributed by atoms with Crippen molar-refractivity contribution in [3.63, 3.8) is 0 Å². The van der Waals surface area contributed by atoms with Crippen LogP contribution in [0.25, 0.3) is 0 Å². The van der Waals surface area contributed by atoms with Crippen LogP contribution in [0.4, 0.5) is 5.13 Å². The molecule has 1 rings (SSSR count). The lowest BCUT2D eigenvalue weighted by atomic mass is 9.90. The largest absolute Gasteiger partial charge is 0.312 e. The first-order valence-electron chi connectivity index (χ1n) is 6.24. The van der Waals surface area contributed by atoms with Gasteiger partial charge in [0.15, 0.2) is 5.13 Å². The summed E-state index contributed by atoms with van der Waals surface area (Å²) in [6.45, 7) is 8.45. The molecule has 0 saturated heterocycles. The van der Waals surface area contributed by atoms with E-state index in [9.17, 15) is 4.79 Å². The van der Waals surface area contributed by atoms with Gasteiger partial charge in [0.1, 0.15) is 0 Å². The fraction of sp³-hybridized carbons (Fsp3) is 0.692. The van der Waals surface area contributed by atoms with E-state index < -0.39 is 0 Å². The van der Waals surface area contributed by atoms with E-state index >= 15 is 0 Å². The predicted molar refractivity (Wildman–Crippen MR) is 76.9 cm³/mol. The molecular weight excluding hydrogens is 246 g/mol. The Kier molecular flexibility index (Phi) is 5.28. The Balaban J connectivity index is 2.47. The van der Waals surface area contributed by atoms with Crippen molar-refractivity contribution < 1.29 is 4.79 Å². The van der Waals surface area contributed by atoms with Crippen molar-refractivity contribution in [1.82, 2.24) is 10.3 Å². The topological polar surface area (TPSA) is 54.0 Å². The number of anilines is 1. The Hall–Kier alpha value is -0.940. The van der Waals surface area contributed by atoms with Crippen molar-refractivity contribution in [2.45, 2.75) is 46.6 Å². The van der Waals surface area contributed by atoms with E-state index in [0.717, 1.165) is 12.1 Å². The quantitative estimate of drug-likeness (QED) is 0.863. The minimum atomic E-state index is 0.0444. The van der Waals surface area contributed by atoms with Gasteiger partial charge in [0.05, 0.1) is 5.69 Å². The molecule has 0 spiro atoms. The van der Waals surface area contributed by atoms with E-state index in [1.807, 2.05) is 19.4 Å². The third-order valence-corrected chi connectivity index (χ3v) is 3.52. The molecule has 102 valence electrons. The molecule has 18 heavy (non-hydrogen) atoms. The van der Waals surface area contributed by atoms with Gasteiger partial charge in [0.25, 0.3) is 0 Å². The SMILES string of the molecule is CNC(C)c1csc(NC(=O)CCC(C)(C)C)n1. The smallest absolute Gasteiger partial charge is 0.226 e. The number of hydrogen-bond acceptors (Lipinski definition) is 4. The zero-order chi connectivity index (χ0) is 13.8. The number of carbonyl (C=O) groups excluding carboxylic acids is 1. The van der Waals surface area contributed by atoms with Crippen molar-refractivity contribution in [2.75, 3.05) is 12.4 Å². The number of carbonyl (C=O) groups is 1. The number of aromatic nitrogens is 1. The normalized spacial score (nSPS) is 13.4. The third-order valence-electron chi connectivity index (χ3n) is 2.75. The van der Waals surface area contributed by atoms with Gasteiger partial charge in [-0.3, -0.25) is 4.79 Å². The van der Waals surface area contributed by atoms with E-state index in [0.29, 0.717) is 11.6 Å². The molecule has 1 unspecified atom stereocenters. The summed E-state index contributed by atoms with van der Waals surface area (Å²) in [7, 11) is 1.89. The molecule has 1 aromatic rings. The van der Waals surface area contributed by atoms with Gasteiger partial charge < -0.3 is 10.6 Å². The maximum atomic E-state index is 11.7. The highest BCUT2D eigenvalue weighted by Gasteiger charge is 2.14. The van der Waals surface area contributed by atoms with Crippen LogP contribution in [0.5, 0.6) is 0 Å². The fourth-order valence-corrected chi connectivity index (χ4v) is 2.18. The Morgan fingerprint density at radius 1 is 1.50 bits per heavy atom. The number of nitrogens with zero attached hydrogens (tertiary/aromatic N) is 1. The van der Waals surface area contributed by atoms with Crippen LogP contribution in [-0.4, -0.2) is 17.9 Å². The van der Waals surface area contributed by atoms with Crippen molar-refractivity contribution in [3.8, 4) is 0 Å². The van der Waals surface area contributed by atoms with Crippen LogP contribution in [0, 0.1) is 5.41 Å². The molecule has 0 bridgehead atoms. The number of hydrogen-bond donors (Lipinski definition) is 2. The van der Waals surface area contributed by atoms with Crippen molar-refractivity contribution in [1.29, 1.82) is 0 Å². The molecule has 0 aromatic carbocycles. The first kappa shape index (κ1) is 15.1. The van der Waals surface area contributed by atoms with Gasteiger partial charge in [-0.2, -0.15) is 0 Å². The molecule has 1 atom stereocenters. The molecular formula is C13H23N3OS. The van der Waals surface area contributed by atoms with Crippen molar-refractivity contribution in [3.05, 3.63) is 11.1 Å². The summed E-state index contributed by atoms with van der Waals surface area (Å²) in [6, 6.07) is 0.210. The number of thiazole rings is 1. The molecule has 0 aliphatic rings. The Bertz CT molecular complexity index is 395. The van der Waals surface area contributed by atoms with Crippen LogP contribution in [0.3, 0.4) is 0 Å². The molecule has 0 aliphatic carbocycles. The van der Waals surface area contributed by atoms with Crippen LogP contribution < -0.4 is 10.6 Å². The summed E-state index contributed by atoms with van der Waals surface area (Å²) >= 11 is 1.47. The first-order chi connectivity index (χ1) is 8.31.